The van der Waals surface area contributed by atoms with Crippen LogP contribution in [0.2, 0.25) is 0 Å². The number of hydrogen-bond acceptors (Lipinski definition) is 3. The monoisotopic (exact) mass is 368 g/mol. The Hall–Kier alpha value is -3.30. The van der Waals surface area contributed by atoms with Crippen LogP contribution in [0, 0.1) is 0 Å². The molecule has 1 atom stereocenters. The third kappa shape index (κ3) is 2.20. The van der Waals surface area contributed by atoms with E-state index in [0.717, 1.165) is 50.1 Å². The lowest BCUT2D eigenvalue weighted by molar-refractivity contribution is 0.127. The Kier molecular flexibility index (Phi) is 3.68. The minimum absolute atomic E-state index is 0.761. The molecule has 0 heterocycles. The Labute approximate surface area is 163 Å². The van der Waals surface area contributed by atoms with E-state index in [9.17, 15) is 5.11 Å². The first kappa shape index (κ1) is 16.8. The van der Waals surface area contributed by atoms with Crippen molar-refractivity contribution in [1.29, 1.82) is 0 Å². The summed E-state index contributed by atoms with van der Waals surface area (Å²) in [5.41, 5.74) is 3.39. The first-order chi connectivity index (χ1) is 13.7. The van der Waals surface area contributed by atoms with Crippen LogP contribution >= 0.6 is 0 Å². The number of fused-ring (bicyclic) bond motifs is 2. The number of hydrogen-bond donors (Lipinski definition) is 1. The van der Waals surface area contributed by atoms with Gasteiger partial charge in [0.2, 0.25) is 0 Å². The molecule has 0 aromatic heterocycles. The summed E-state index contributed by atoms with van der Waals surface area (Å²) < 4.78 is 10.8. The Bertz CT molecular complexity index is 1190. The van der Waals surface area contributed by atoms with Crippen LogP contribution in [0.3, 0.4) is 0 Å². The summed E-state index contributed by atoms with van der Waals surface area (Å²) in [6, 6.07) is 25.9. The zero-order valence-corrected chi connectivity index (χ0v) is 15.8. The Morgan fingerprint density at radius 2 is 1.36 bits per heavy atom. The second kappa shape index (κ2) is 6.11. The molecule has 4 aromatic rings. The molecule has 0 saturated carbocycles. The highest BCUT2D eigenvalue weighted by molar-refractivity contribution is 6.03. The normalized spacial score (nSPS) is 17.2. The third-order valence-electron chi connectivity index (χ3n) is 5.71. The lowest BCUT2D eigenvalue weighted by atomic mass is 9.70. The maximum Gasteiger partial charge on any atom is 0.141 e. The molecule has 0 aliphatic heterocycles. The van der Waals surface area contributed by atoms with E-state index < -0.39 is 5.60 Å². The quantitative estimate of drug-likeness (QED) is 0.545. The third-order valence-corrected chi connectivity index (χ3v) is 5.71. The van der Waals surface area contributed by atoms with Gasteiger partial charge in [0.05, 0.1) is 14.2 Å². The van der Waals surface area contributed by atoms with Gasteiger partial charge in [-0.15, -0.1) is 0 Å². The van der Waals surface area contributed by atoms with Gasteiger partial charge in [0, 0.05) is 11.1 Å². The number of benzene rings is 4. The predicted octanol–water partition coefficient (Wildman–Crippen LogP) is 5.12. The summed E-state index contributed by atoms with van der Waals surface area (Å²) in [6.45, 7) is 0. The average molecular weight is 368 g/mol. The maximum absolute atomic E-state index is 12.2. The van der Waals surface area contributed by atoms with Crippen LogP contribution in [0.5, 0.6) is 11.5 Å². The highest BCUT2D eigenvalue weighted by atomic mass is 16.5. The number of methoxy groups -OCH3 is 2. The first-order valence-corrected chi connectivity index (χ1v) is 9.25. The van der Waals surface area contributed by atoms with Crippen molar-refractivity contribution >= 4 is 10.8 Å². The maximum atomic E-state index is 12.2. The number of ether oxygens (including phenoxy) is 2. The smallest absolute Gasteiger partial charge is 0.141 e. The summed E-state index contributed by atoms with van der Waals surface area (Å²) in [7, 11) is 3.30. The van der Waals surface area contributed by atoms with E-state index in [2.05, 4.69) is 24.3 Å². The van der Waals surface area contributed by atoms with Crippen LogP contribution in [-0.2, 0) is 5.60 Å². The Balaban J connectivity index is 1.91. The van der Waals surface area contributed by atoms with E-state index in [4.69, 9.17) is 9.47 Å². The van der Waals surface area contributed by atoms with Gasteiger partial charge in [-0.3, -0.25) is 0 Å². The summed E-state index contributed by atoms with van der Waals surface area (Å²) >= 11 is 0. The molecule has 0 spiro atoms. The fraction of sp³-hybridized carbons (Fsp3) is 0.120. The lowest BCUT2D eigenvalue weighted by Crippen LogP contribution is -2.32. The van der Waals surface area contributed by atoms with Crippen molar-refractivity contribution in [2.24, 2.45) is 0 Å². The minimum Gasteiger partial charge on any atom is -0.497 e. The molecular weight excluding hydrogens is 348 g/mol. The molecule has 3 heteroatoms. The zero-order chi connectivity index (χ0) is 19.3. The van der Waals surface area contributed by atoms with E-state index >= 15 is 0 Å². The van der Waals surface area contributed by atoms with Crippen LogP contribution in [0.15, 0.2) is 78.9 Å². The van der Waals surface area contributed by atoms with Gasteiger partial charge in [-0.05, 0) is 51.7 Å². The topological polar surface area (TPSA) is 38.7 Å². The van der Waals surface area contributed by atoms with E-state index in [1.807, 2.05) is 54.6 Å². The van der Waals surface area contributed by atoms with Crippen LogP contribution in [-0.4, -0.2) is 19.3 Å². The summed E-state index contributed by atoms with van der Waals surface area (Å²) in [5.74, 6) is 1.53. The van der Waals surface area contributed by atoms with Gasteiger partial charge in [-0.1, -0.05) is 54.6 Å². The highest BCUT2D eigenvalue weighted by Gasteiger charge is 2.41. The van der Waals surface area contributed by atoms with Crippen molar-refractivity contribution in [3.63, 3.8) is 0 Å². The van der Waals surface area contributed by atoms with Crippen LogP contribution in [0.4, 0.5) is 0 Å². The van der Waals surface area contributed by atoms with Gasteiger partial charge in [-0.2, -0.15) is 0 Å². The first-order valence-electron chi connectivity index (χ1n) is 9.25. The van der Waals surface area contributed by atoms with Crippen LogP contribution in [0.1, 0.15) is 16.7 Å². The Morgan fingerprint density at radius 1 is 0.679 bits per heavy atom. The highest BCUT2D eigenvalue weighted by Crippen LogP contribution is 2.51. The van der Waals surface area contributed by atoms with Crippen molar-refractivity contribution in [3.8, 4) is 22.6 Å². The minimum atomic E-state index is -1.26. The van der Waals surface area contributed by atoms with Crippen LogP contribution in [0.25, 0.3) is 21.9 Å². The largest absolute Gasteiger partial charge is 0.497 e. The molecule has 4 aromatic carbocycles. The van der Waals surface area contributed by atoms with E-state index in [-0.39, 0.29) is 0 Å². The molecule has 3 nitrogen and oxygen atoms in total. The fourth-order valence-corrected chi connectivity index (χ4v) is 4.34. The second-order valence-electron chi connectivity index (χ2n) is 7.06. The standard InChI is InChI=1S/C25H20O3/c1-27-18-11-9-17(10-12-18)25(26)22-14-13-19(28-2)15-21(22)20-7-3-5-16-6-4-8-23(25)24(16)20/h3-15,26H,1-2H3. The van der Waals surface area contributed by atoms with Crippen molar-refractivity contribution in [1.82, 2.24) is 0 Å². The molecule has 1 aliphatic rings. The van der Waals surface area contributed by atoms with E-state index in [1.165, 1.54) is 0 Å². The molecule has 5 rings (SSSR count). The molecule has 0 fully saturated rings. The number of aliphatic hydroxyl groups is 1. The molecule has 0 amide bonds. The lowest BCUT2D eigenvalue weighted by Gasteiger charge is -2.37. The summed E-state index contributed by atoms with van der Waals surface area (Å²) in [6.07, 6.45) is 0. The summed E-state index contributed by atoms with van der Waals surface area (Å²) in [4.78, 5) is 0. The molecule has 28 heavy (non-hydrogen) atoms. The Morgan fingerprint density at radius 3 is 2.07 bits per heavy atom. The van der Waals surface area contributed by atoms with Gasteiger partial charge in [-0.25, -0.2) is 0 Å². The van der Waals surface area contributed by atoms with Gasteiger partial charge < -0.3 is 14.6 Å². The SMILES string of the molecule is COc1ccc(C2(O)c3ccc(OC)cc3-c3cccc4cccc2c34)cc1. The van der Waals surface area contributed by atoms with Gasteiger partial charge >= 0.3 is 0 Å². The average Bonchev–Trinajstić information content (AvgIpc) is 2.77. The molecule has 1 aliphatic carbocycles. The van der Waals surface area contributed by atoms with Gasteiger partial charge in [0.25, 0.3) is 0 Å². The predicted molar refractivity (Wildman–Crippen MR) is 111 cm³/mol. The molecule has 0 radical (unpaired) electrons. The van der Waals surface area contributed by atoms with Crippen molar-refractivity contribution < 1.29 is 14.6 Å². The van der Waals surface area contributed by atoms with E-state index in [1.54, 1.807) is 14.2 Å². The fourth-order valence-electron chi connectivity index (χ4n) is 4.34. The molecule has 1 unspecified atom stereocenters. The summed E-state index contributed by atoms with van der Waals surface area (Å²) in [5, 5.41) is 14.4. The zero-order valence-electron chi connectivity index (χ0n) is 15.8. The second-order valence-corrected chi connectivity index (χ2v) is 7.06. The number of rotatable bonds is 3. The van der Waals surface area contributed by atoms with Crippen molar-refractivity contribution in [2.45, 2.75) is 5.60 Å². The van der Waals surface area contributed by atoms with Gasteiger partial charge in [0.1, 0.15) is 17.1 Å². The van der Waals surface area contributed by atoms with Crippen LogP contribution < -0.4 is 9.47 Å². The molecule has 1 N–H and O–H groups in total. The molecule has 0 saturated heterocycles. The molecular formula is C25H20O3. The molecule has 138 valence electrons. The van der Waals surface area contributed by atoms with E-state index in [0.29, 0.717) is 0 Å². The van der Waals surface area contributed by atoms with Gasteiger partial charge in [0.15, 0.2) is 0 Å². The van der Waals surface area contributed by atoms with Crippen molar-refractivity contribution in [3.05, 3.63) is 95.6 Å². The molecule has 0 bridgehead atoms. The van der Waals surface area contributed by atoms with Crippen molar-refractivity contribution in [2.75, 3.05) is 14.2 Å².